The number of amides is 1. The van der Waals surface area contributed by atoms with E-state index in [4.69, 9.17) is 21.1 Å². The standard InChI is InChI=1S/C19H25ClN2O3/c20-15-8-13(9-17-19(15)25-7-3-6-24-17)12-22-5-2-1-4-16(22)14-10-18(23)21-11-14/h8-9,14,16H,1-7,10-12H2,(H,21,23)/t14-,16+/m1/s1. The minimum absolute atomic E-state index is 0.189. The van der Waals surface area contributed by atoms with Crippen molar-refractivity contribution >= 4 is 17.5 Å². The number of hydrogen-bond acceptors (Lipinski definition) is 4. The van der Waals surface area contributed by atoms with Crippen LogP contribution in [0.25, 0.3) is 0 Å². The summed E-state index contributed by atoms with van der Waals surface area (Å²) in [6.07, 6.45) is 5.15. The molecule has 3 aliphatic heterocycles. The van der Waals surface area contributed by atoms with E-state index in [-0.39, 0.29) is 5.91 Å². The number of carbonyl (C=O) groups excluding carboxylic acids is 1. The lowest BCUT2D eigenvalue weighted by molar-refractivity contribution is -0.119. The number of ether oxygens (including phenoxy) is 2. The van der Waals surface area contributed by atoms with Crippen LogP contribution in [0.1, 0.15) is 37.7 Å². The monoisotopic (exact) mass is 364 g/mol. The molecule has 1 aromatic carbocycles. The predicted molar refractivity (Wildman–Crippen MR) is 96.2 cm³/mol. The number of rotatable bonds is 3. The number of nitrogens with one attached hydrogen (secondary N) is 1. The lowest BCUT2D eigenvalue weighted by Crippen LogP contribution is -2.44. The Kier molecular flexibility index (Phi) is 5.04. The van der Waals surface area contributed by atoms with Crippen LogP contribution in [-0.2, 0) is 11.3 Å². The van der Waals surface area contributed by atoms with E-state index in [1.54, 1.807) is 0 Å². The Labute approximate surface area is 153 Å². The average molecular weight is 365 g/mol. The quantitative estimate of drug-likeness (QED) is 0.895. The first-order chi connectivity index (χ1) is 12.2. The number of hydrogen-bond donors (Lipinski definition) is 1. The molecule has 3 heterocycles. The minimum atomic E-state index is 0.189. The second kappa shape index (κ2) is 7.42. The predicted octanol–water partition coefficient (Wildman–Crippen LogP) is 2.99. The third-order valence-electron chi connectivity index (χ3n) is 5.47. The summed E-state index contributed by atoms with van der Waals surface area (Å²) in [5.74, 6) is 2.04. The van der Waals surface area contributed by atoms with Crippen LogP contribution in [0.15, 0.2) is 12.1 Å². The van der Waals surface area contributed by atoms with Crippen molar-refractivity contribution in [1.82, 2.24) is 10.2 Å². The summed E-state index contributed by atoms with van der Waals surface area (Å²) in [7, 11) is 0. The molecule has 1 amide bonds. The highest BCUT2D eigenvalue weighted by Gasteiger charge is 2.34. The lowest BCUT2D eigenvalue weighted by Gasteiger charge is -2.39. The molecule has 5 nitrogen and oxygen atoms in total. The van der Waals surface area contributed by atoms with Crippen LogP contribution < -0.4 is 14.8 Å². The van der Waals surface area contributed by atoms with Gasteiger partial charge in [0.25, 0.3) is 0 Å². The molecule has 4 rings (SSSR count). The maximum atomic E-state index is 11.6. The van der Waals surface area contributed by atoms with Crippen molar-refractivity contribution in [1.29, 1.82) is 0 Å². The van der Waals surface area contributed by atoms with E-state index in [1.807, 2.05) is 6.07 Å². The summed E-state index contributed by atoms with van der Waals surface area (Å²) in [5.41, 5.74) is 1.15. The first kappa shape index (κ1) is 17.0. The van der Waals surface area contributed by atoms with Gasteiger partial charge in [0, 0.05) is 37.9 Å². The van der Waals surface area contributed by atoms with Gasteiger partial charge < -0.3 is 14.8 Å². The van der Waals surface area contributed by atoms with Crippen molar-refractivity contribution in [3.8, 4) is 11.5 Å². The molecule has 1 N–H and O–H groups in total. The number of halogens is 1. The maximum absolute atomic E-state index is 11.6. The van der Waals surface area contributed by atoms with Gasteiger partial charge in [0.15, 0.2) is 11.5 Å². The molecule has 1 aromatic rings. The van der Waals surface area contributed by atoms with Crippen LogP contribution in [0.2, 0.25) is 5.02 Å². The molecule has 3 aliphatic rings. The van der Waals surface area contributed by atoms with Crippen LogP contribution in [0.4, 0.5) is 0 Å². The maximum Gasteiger partial charge on any atom is 0.220 e. The van der Waals surface area contributed by atoms with Gasteiger partial charge in [-0.2, -0.15) is 0 Å². The highest BCUT2D eigenvalue weighted by atomic mass is 35.5. The van der Waals surface area contributed by atoms with Gasteiger partial charge in [-0.25, -0.2) is 0 Å². The Balaban J connectivity index is 1.52. The second-order valence-electron chi connectivity index (χ2n) is 7.26. The summed E-state index contributed by atoms with van der Waals surface area (Å²) < 4.78 is 11.5. The van der Waals surface area contributed by atoms with Crippen molar-refractivity contribution in [2.24, 2.45) is 5.92 Å². The minimum Gasteiger partial charge on any atom is -0.489 e. The van der Waals surface area contributed by atoms with Crippen molar-refractivity contribution in [3.63, 3.8) is 0 Å². The molecule has 0 radical (unpaired) electrons. The molecule has 0 unspecified atom stereocenters. The second-order valence-corrected chi connectivity index (χ2v) is 7.66. The van der Waals surface area contributed by atoms with E-state index >= 15 is 0 Å². The summed E-state index contributed by atoms with van der Waals surface area (Å²) in [4.78, 5) is 14.1. The first-order valence-electron chi connectivity index (χ1n) is 9.29. The van der Waals surface area contributed by atoms with Crippen molar-refractivity contribution in [3.05, 3.63) is 22.7 Å². The molecule has 136 valence electrons. The van der Waals surface area contributed by atoms with Crippen molar-refractivity contribution < 1.29 is 14.3 Å². The fourth-order valence-electron chi connectivity index (χ4n) is 4.26. The highest BCUT2D eigenvalue weighted by Crippen LogP contribution is 2.39. The smallest absolute Gasteiger partial charge is 0.220 e. The lowest BCUT2D eigenvalue weighted by atomic mass is 9.89. The molecular formula is C19H25ClN2O3. The number of benzene rings is 1. The van der Waals surface area contributed by atoms with Gasteiger partial charge in [0.2, 0.25) is 5.91 Å². The van der Waals surface area contributed by atoms with Crippen LogP contribution in [-0.4, -0.2) is 43.2 Å². The molecule has 0 aliphatic carbocycles. The zero-order valence-corrected chi connectivity index (χ0v) is 15.2. The molecule has 2 fully saturated rings. The van der Waals surface area contributed by atoms with Crippen LogP contribution >= 0.6 is 11.6 Å². The number of likely N-dealkylation sites (tertiary alicyclic amines) is 1. The summed E-state index contributed by atoms with van der Waals surface area (Å²) in [6.45, 7) is 4.02. The topological polar surface area (TPSA) is 50.8 Å². The summed E-state index contributed by atoms with van der Waals surface area (Å²) in [6, 6.07) is 4.53. The summed E-state index contributed by atoms with van der Waals surface area (Å²) in [5, 5.41) is 3.61. The van der Waals surface area contributed by atoms with E-state index in [0.717, 1.165) is 43.8 Å². The van der Waals surface area contributed by atoms with Gasteiger partial charge in [-0.05, 0) is 37.1 Å². The van der Waals surface area contributed by atoms with Gasteiger partial charge in [-0.1, -0.05) is 18.0 Å². The van der Waals surface area contributed by atoms with Gasteiger partial charge >= 0.3 is 0 Å². The molecule has 0 aromatic heterocycles. The van der Waals surface area contributed by atoms with Crippen LogP contribution in [0.5, 0.6) is 11.5 Å². The summed E-state index contributed by atoms with van der Waals surface area (Å²) >= 11 is 6.44. The highest BCUT2D eigenvalue weighted by molar-refractivity contribution is 6.32. The van der Waals surface area contributed by atoms with Gasteiger partial charge in [-0.15, -0.1) is 0 Å². The number of fused-ring (bicyclic) bond motifs is 1. The van der Waals surface area contributed by atoms with E-state index in [2.05, 4.69) is 16.3 Å². The Morgan fingerprint density at radius 2 is 2.08 bits per heavy atom. The van der Waals surface area contributed by atoms with E-state index in [9.17, 15) is 4.79 Å². The zero-order chi connectivity index (χ0) is 17.2. The molecule has 2 atom stereocenters. The number of piperidine rings is 1. The average Bonchev–Trinajstić information content (AvgIpc) is 2.89. The van der Waals surface area contributed by atoms with Gasteiger partial charge in [-0.3, -0.25) is 9.69 Å². The van der Waals surface area contributed by atoms with E-state index in [0.29, 0.717) is 42.4 Å². The molecule has 2 saturated heterocycles. The van der Waals surface area contributed by atoms with Crippen LogP contribution in [0.3, 0.4) is 0 Å². The molecule has 0 spiro atoms. The molecule has 0 saturated carbocycles. The normalized spacial score (nSPS) is 27.0. The van der Waals surface area contributed by atoms with Gasteiger partial charge in [0.1, 0.15) is 0 Å². The Bertz CT molecular complexity index is 652. The third kappa shape index (κ3) is 3.72. The number of nitrogens with zero attached hydrogens (tertiary/aromatic N) is 1. The Hall–Kier alpha value is -1.46. The Morgan fingerprint density at radius 1 is 1.20 bits per heavy atom. The fraction of sp³-hybridized carbons (Fsp3) is 0.632. The van der Waals surface area contributed by atoms with Crippen molar-refractivity contribution in [2.75, 3.05) is 26.3 Å². The fourth-order valence-corrected chi connectivity index (χ4v) is 4.54. The third-order valence-corrected chi connectivity index (χ3v) is 5.75. The molecular weight excluding hydrogens is 340 g/mol. The number of carbonyl (C=O) groups is 1. The Morgan fingerprint density at radius 3 is 2.92 bits per heavy atom. The molecule has 25 heavy (non-hydrogen) atoms. The van der Waals surface area contributed by atoms with Crippen LogP contribution in [0, 0.1) is 5.92 Å². The van der Waals surface area contributed by atoms with Crippen molar-refractivity contribution in [2.45, 2.75) is 44.7 Å². The largest absolute Gasteiger partial charge is 0.489 e. The first-order valence-corrected chi connectivity index (χ1v) is 9.67. The molecule has 6 heteroatoms. The SMILES string of the molecule is O=C1C[C@@H]([C@@H]2CCCCN2Cc2cc(Cl)c3c(c2)OCCCO3)CN1. The van der Waals surface area contributed by atoms with E-state index < -0.39 is 0 Å². The van der Waals surface area contributed by atoms with E-state index in [1.165, 1.54) is 12.8 Å². The molecule has 0 bridgehead atoms. The zero-order valence-electron chi connectivity index (χ0n) is 14.4. The van der Waals surface area contributed by atoms with Gasteiger partial charge in [0.05, 0.1) is 18.2 Å².